The van der Waals surface area contributed by atoms with Crippen molar-refractivity contribution >= 4 is 17.5 Å². The number of rotatable bonds is 3. The first-order valence-electron chi connectivity index (χ1n) is 3.02. The Morgan fingerprint density at radius 3 is 2.33 bits per heavy atom. The number of carbonyl (C=O) groups is 1. The summed E-state index contributed by atoms with van der Waals surface area (Å²) in [6.07, 6.45) is 1.86. The zero-order valence-electron chi connectivity index (χ0n) is 6.10. The molecule has 2 heteroatoms. The maximum Gasteiger partial charge on any atom is 0.165 e. The van der Waals surface area contributed by atoms with Crippen molar-refractivity contribution in [1.29, 1.82) is 0 Å². The largest absolute Gasteiger partial charge is 0.294 e. The van der Waals surface area contributed by atoms with Gasteiger partial charge >= 0.3 is 0 Å². The highest BCUT2D eigenvalue weighted by Gasteiger charge is 1.98. The van der Waals surface area contributed by atoms with Crippen molar-refractivity contribution in [2.75, 3.05) is 5.75 Å². The Kier molecular flexibility index (Phi) is 4.50. The van der Waals surface area contributed by atoms with Crippen LogP contribution in [-0.2, 0) is 4.79 Å². The summed E-state index contributed by atoms with van der Waals surface area (Å²) in [6, 6.07) is 0. The second kappa shape index (κ2) is 4.62. The molecule has 0 aliphatic heterocycles. The van der Waals surface area contributed by atoms with Gasteiger partial charge < -0.3 is 0 Å². The molecule has 9 heavy (non-hydrogen) atoms. The molecular weight excluding hydrogens is 132 g/mol. The molecule has 0 fully saturated rings. The van der Waals surface area contributed by atoms with E-state index in [4.69, 9.17) is 0 Å². The van der Waals surface area contributed by atoms with E-state index in [0.29, 0.717) is 0 Å². The fourth-order valence-corrected chi connectivity index (χ4v) is 1.22. The molecular formula is C7H12OS. The van der Waals surface area contributed by atoms with Crippen molar-refractivity contribution in [2.24, 2.45) is 0 Å². The van der Waals surface area contributed by atoms with Crippen LogP contribution in [0.4, 0.5) is 0 Å². The van der Waals surface area contributed by atoms with Crippen molar-refractivity contribution in [2.45, 2.75) is 20.8 Å². The second-order valence-electron chi connectivity index (χ2n) is 1.64. The van der Waals surface area contributed by atoms with Crippen LogP contribution in [0.5, 0.6) is 0 Å². The Balaban J connectivity index is 3.85. The van der Waals surface area contributed by atoms with E-state index in [-0.39, 0.29) is 5.78 Å². The number of hydrogen-bond donors (Lipinski definition) is 0. The van der Waals surface area contributed by atoms with Gasteiger partial charge in [0.05, 0.1) is 0 Å². The van der Waals surface area contributed by atoms with Crippen molar-refractivity contribution in [1.82, 2.24) is 0 Å². The van der Waals surface area contributed by atoms with Crippen LogP contribution in [-0.4, -0.2) is 11.5 Å². The zero-order chi connectivity index (χ0) is 7.28. The van der Waals surface area contributed by atoms with Crippen molar-refractivity contribution < 1.29 is 4.79 Å². The van der Waals surface area contributed by atoms with E-state index >= 15 is 0 Å². The molecule has 0 saturated heterocycles. The zero-order valence-corrected chi connectivity index (χ0v) is 6.92. The Morgan fingerprint density at radius 1 is 1.67 bits per heavy atom. The standard InChI is InChI=1S/C7H12OS/c1-4-7(6(3)8)9-5-2/h4H,5H2,1-3H3/b7-4+. The number of ketones is 1. The first-order chi connectivity index (χ1) is 4.22. The molecule has 0 heterocycles. The van der Waals surface area contributed by atoms with Crippen LogP contribution < -0.4 is 0 Å². The molecule has 0 spiro atoms. The molecule has 0 aromatic rings. The van der Waals surface area contributed by atoms with Crippen LogP contribution in [0.3, 0.4) is 0 Å². The summed E-state index contributed by atoms with van der Waals surface area (Å²) in [5.41, 5.74) is 0. The van der Waals surface area contributed by atoms with Gasteiger partial charge in [0.1, 0.15) is 0 Å². The smallest absolute Gasteiger partial charge is 0.165 e. The van der Waals surface area contributed by atoms with Gasteiger partial charge in [0, 0.05) is 4.91 Å². The molecule has 0 aromatic carbocycles. The first kappa shape index (κ1) is 8.76. The molecule has 1 nitrogen and oxygen atoms in total. The molecule has 0 amide bonds. The van der Waals surface area contributed by atoms with Crippen LogP contribution >= 0.6 is 11.8 Å². The summed E-state index contributed by atoms with van der Waals surface area (Å²) >= 11 is 1.60. The van der Waals surface area contributed by atoms with Gasteiger partial charge in [-0.2, -0.15) is 0 Å². The molecule has 0 atom stereocenters. The summed E-state index contributed by atoms with van der Waals surface area (Å²) in [5, 5.41) is 0. The summed E-state index contributed by atoms with van der Waals surface area (Å²) < 4.78 is 0. The van der Waals surface area contributed by atoms with Gasteiger partial charge in [-0.25, -0.2) is 0 Å². The van der Waals surface area contributed by atoms with Crippen molar-refractivity contribution in [3.05, 3.63) is 11.0 Å². The highest BCUT2D eigenvalue weighted by molar-refractivity contribution is 8.03. The van der Waals surface area contributed by atoms with Crippen molar-refractivity contribution in [3.8, 4) is 0 Å². The van der Waals surface area contributed by atoms with Gasteiger partial charge in [0.25, 0.3) is 0 Å². The minimum atomic E-state index is 0.171. The summed E-state index contributed by atoms with van der Waals surface area (Å²) in [7, 11) is 0. The van der Waals surface area contributed by atoms with E-state index < -0.39 is 0 Å². The molecule has 0 aliphatic carbocycles. The summed E-state index contributed by atoms with van der Waals surface area (Å²) in [5.74, 6) is 1.14. The highest BCUT2D eigenvalue weighted by atomic mass is 32.2. The Labute approximate surface area is 60.5 Å². The molecule has 0 radical (unpaired) electrons. The van der Waals surface area contributed by atoms with Crippen LogP contribution in [0.2, 0.25) is 0 Å². The third-order valence-electron chi connectivity index (χ3n) is 0.909. The number of carbonyl (C=O) groups excluding carboxylic acids is 1. The van der Waals surface area contributed by atoms with Gasteiger partial charge in [-0.05, 0) is 19.6 Å². The second-order valence-corrected chi connectivity index (χ2v) is 2.95. The predicted octanol–water partition coefficient (Wildman–Crippen LogP) is 2.23. The number of hydrogen-bond acceptors (Lipinski definition) is 2. The predicted molar refractivity (Wildman–Crippen MR) is 42.6 cm³/mol. The third kappa shape index (κ3) is 3.36. The lowest BCUT2D eigenvalue weighted by Crippen LogP contribution is -1.91. The molecule has 0 saturated carbocycles. The van der Waals surface area contributed by atoms with E-state index in [9.17, 15) is 4.79 Å². The number of allylic oxidation sites excluding steroid dienone is 2. The minimum Gasteiger partial charge on any atom is -0.294 e. The Bertz CT molecular complexity index is 127. The molecule has 0 aromatic heterocycles. The number of Topliss-reactive ketones (excluding diaryl/α,β-unsaturated/α-hetero) is 1. The minimum absolute atomic E-state index is 0.171. The van der Waals surface area contributed by atoms with E-state index in [1.54, 1.807) is 18.7 Å². The summed E-state index contributed by atoms with van der Waals surface area (Å²) in [6.45, 7) is 5.52. The van der Waals surface area contributed by atoms with Gasteiger partial charge in [-0.3, -0.25) is 4.79 Å². The fourth-order valence-electron chi connectivity index (χ4n) is 0.544. The van der Waals surface area contributed by atoms with Gasteiger partial charge in [-0.1, -0.05) is 13.0 Å². The number of thioether (sulfide) groups is 1. The molecule has 0 N–H and O–H groups in total. The van der Waals surface area contributed by atoms with E-state index in [2.05, 4.69) is 0 Å². The average molecular weight is 144 g/mol. The maximum absolute atomic E-state index is 10.7. The topological polar surface area (TPSA) is 17.1 Å². The lowest BCUT2D eigenvalue weighted by molar-refractivity contribution is -0.112. The lowest BCUT2D eigenvalue weighted by Gasteiger charge is -1.96. The van der Waals surface area contributed by atoms with Crippen LogP contribution in [0.15, 0.2) is 11.0 Å². The molecule has 0 rings (SSSR count). The molecule has 52 valence electrons. The van der Waals surface area contributed by atoms with Gasteiger partial charge in [-0.15, -0.1) is 11.8 Å². The van der Waals surface area contributed by atoms with Gasteiger partial charge in [0.2, 0.25) is 0 Å². The Morgan fingerprint density at radius 2 is 2.22 bits per heavy atom. The van der Waals surface area contributed by atoms with E-state index in [0.717, 1.165) is 10.7 Å². The SMILES string of the molecule is C/C=C(/SCC)C(C)=O. The van der Waals surface area contributed by atoms with E-state index in [1.165, 1.54) is 0 Å². The lowest BCUT2D eigenvalue weighted by atomic mass is 10.4. The first-order valence-corrected chi connectivity index (χ1v) is 4.01. The van der Waals surface area contributed by atoms with Crippen LogP contribution in [0.1, 0.15) is 20.8 Å². The Hall–Kier alpha value is -0.240. The molecule has 0 bridgehead atoms. The quantitative estimate of drug-likeness (QED) is 0.565. The molecule has 0 unspecified atom stereocenters. The normalized spacial score (nSPS) is 11.7. The van der Waals surface area contributed by atoms with Gasteiger partial charge in [0.15, 0.2) is 5.78 Å². The van der Waals surface area contributed by atoms with E-state index in [1.807, 2.05) is 19.9 Å². The summed E-state index contributed by atoms with van der Waals surface area (Å²) in [4.78, 5) is 11.5. The highest BCUT2D eigenvalue weighted by Crippen LogP contribution is 2.14. The monoisotopic (exact) mass is 144 g/mol. The average Bonchev–Trinajstić information content (AvgIpc) is 1.82. The maximum atomic E-state index is 10.7. The molecule has 0 aliphatic rings. The van der Waals surface area contributed by atoms with Crippen LogP contribution in [0, 0.1) is 0 Å². The van der Waals surface area contributed by atoms with Crippen molar-refractivity contribution in [3.63, 3.8) is 0 Å². The van der Waals surface area contributed by atoms with Crippen LogP contribution in [0.25, 0.3) is 0 Å². The third-order valence-corrected chi connectivity index (χ3v) is 2.03. The fraction of sp³-hybridized carbons (Fsp3) is 0.571.